The SMILES string of the molecule is COCCCC1CCC2[C@@H]3CC[C@@H]4CC(O)(C(F)(F)S(=O)(=O)c5ccccc5)CC[C@@H]4C3CC[C@]12C. The van der Waals surface area contributed by atoms with Crippen LogP contribution in [0.2, 0.25) is 0 Å². The molecule has 4 saturated carbocycles. The van der Waals surface area contributed by atoms with Gasteiger partial charge in [-0.3, -0.25) is 0 Å². The van der Waals surface area contributed by atoms with Crippen LogP contribution >= 0.6 is 0 Å². The normalized spacial score (nSPS) is 40.8. The molecule has 0 saturated heterocycles. The van der Waals surface area contributed by atoms with Gasteiger partial charge < -0.3 is 9.84 Å². The summed E-state index contributed by atoms with van der Waals surface area (Å²) >= 11 is 0. The summed E-state index contributed by atoms with van der Waals surface area (Å²) in [6, 6.07) is 6.84. The first-order valence-electron chi connectivity index (χ1n) is 13.9. The number of ether oxygens (including phenoxy) is 1. The topological polar surface area (TPSA) is 63.6 Å². The molecule has 1 N–H and O–H groups in total. The van der Waals surface area contributed by atoms with Crippen molar-refractivity contribution in [1.29, 1.82) is 0 Å². The second-order valence-corrected chi connectivity index (χ2v) is 14.5. The van der Waals surface area contributed by atoms with Crippen LogP contribution in [0.3, 0.4) is 0 Å². The third-order valence-electron chi connectivity index (χ3n) is 11.0. The van der Waals surface area contributed by atoms with Crippen molar-refractivity contribution in [2.24, 2.45) is 40.9 Å². The standard InChI is InChI=1S/C29H42F2O4S/c1-27-16-14-24-23-15-17-28(32,29(30,31)36(33,34)22-8-4-3-5-9-22)19-20(23)10-12-25(24)26(27)13-11-21(27)7-6-18-35-2/h3-5,8-9,20-21,23-26,32H,6-7,10-19H2,1-2H3/t20-,21?,23+,24?,25-,26?,27-,28?/m1/s1. The summed E-state index contributed by atoms with van der Waals surface area (Å²) in [4.78, 5) is -0.429. The highest BCUT2D eigenvalue weighted by Gasteiger charge is 2.66. The average Bonchev–Trinajstić information content (AvgIpc) is 3.20. The van der Waals surface area contributed by atoms with Crippen molar-refractivity contribution in [1.82, 2.24) is 0 Å². The maximum atomic E-state index is 15.6. The second-order valence-electron chi connectivity index (χ2n) is 12.5. The number of alkyl halides is 2. The molecular weight excluding hydrogens is 482 g/mol. The summed E-state index contributed by atoms with van der Waals surface area (Å²) in [6.45, 7) is 3.32. The highest BCUT2D eigenvalue weighted by Crippen LogP contribution is 2.66. The first-order chi connectivity index (χ1) is 17.0. The van der Waals surface area contributed by atoms with E-state index in [-0.39, 0.29) is 18.8 Å². The van der Waals surface area contributed by atoms with Crippen molar-refractivity contribution >= 4 is 9.84 Å². The summed E-state index contributed by atoms with van der Waals surface area (Å²) in [6.07, 6.45) is 9.26. The fourth-order valence-electron chi connectivity index (χ4n) is 9.20. The van der Waals surface area contributed by atoms with Crippen LogP contribution in [0.4, 0.5) is 8.78 Å². The van der Waals surface area contributed by atoms with Crippen molar-refractivity contribution in [3.05, 3.63) is 30.3 Å². The number of aliphatic hydroxyl groups is 1. The molecule has 202 valence electrons. The highest BCUT2D eigenvalue weighted by atomic mass is 32.2. The first-order valence-corrected chi connectivity index (χ1v) is 15.4. The van der Waals surface area contributed by atoms with Crippen molar-refractivity contribution in [2.45, 2.75) is 93.3 Å². The monoisotopic (exact) mass is 524 g/mol. The van der Waals surface area contributed by atoms with Gasteiger partial charge in [-0.1, -0.05) is 25.1 Å². The fraction of sp³-hybridized carbons (Fsp3) is 0.793. The lowest BCUT2D eigenvalue weighted by molar-refractivity contribution is -0.178. The number of hydrogen-bond acceptors (Lipinski definition) is 4. The Balaban J connectivity index is 1.31. The molecule has 0 bridgehead atoms. The lowest BCUT2D eigenvalue weighted by Gasteiger charge is -2.57. The molecule has 5 rings (SSSR count). The Hall–Kier alpha value is -1.05. The van der Waals surface area contributed by atoms with E-state index in [0.29, 0.717) is 35.5 Å². The molecule has 0 heterocycles. The van der Waals surface area contributed by atoms with E-state index in [4.69, 9.17) is 4.74 Å². The largest absolute Gasteiger partial charge is 0.385 e. The third-order valence-corrected chi connectivity index (χ3v) is 13.0. The Morgan fingerprint density at radius 2 is 1.72 bits per heavy atom. The van der Waals surface area contributed by atoms with E-state index in [1.165, 1.54) is 49.9 Å². The van der Waals surface area contributed by atoms with Crippen LogP contribution in [0.5, 0.6) is 0 Å². The zero-order chi connectivity index (χ0) is 25.8. The minimum absolute atomic E-state index is 0.0369. The zero-order valence-corrected chi connectivity index (χ0v) is 22.5. The van der Waals surface area contributed by atoms with Gasteiger partial charge in [0.25, 0.3) is 0 Å². The van der Waals surface area contributed by atoms with Gasteiger partial charge in [0, 0.05) is 13.7 Å². The Morgan fingerprint density at radius 1 is 1.00 bits per heavy atom. The minimum atomic E-state index is -4.99. The maximum absolute atomic E-state index is 15.6. The number of hydrogen-bond donors (Lipinski definition) is 1. The number of benzene rings is 1. The zero-order valence-electron chi connectivity index (χ0n) is 21.7. The molecular formula is C29H42F2O4S. The predicted molar refractivity (Wildman–Crippen MR) is 135 cm³/mol. The van der Waals surface area contributed by atoms with Crippen molar-refractivity contribution < 1.29 is 27.0 Å². The van der Waals surface area contributed by atoms with Crippen LogP contribution in [0.15, 0.2) is 35.2 Å². The van der Waals surface area contributed by atoms with Gasteiger partial charge in [-0.2, -0.15) is 8.78 Å². The number of rotatable bonds is 7. The highest BCUT2D eigenvalue weighted by molar-refractivity contribution is 7.92. The minimum Gasteiger partial charge on any atom is -0.385 e. The van der Waals surface area contributed by atoms with Crippen molar-refractivity contribution in [2.75, 3.05) is 13.7 Å². The van der Waals surface area contributed by atoms with E-state index < -0.39 is 25.6 Å². The van der Waals surface area contributed by atoms with Gasteiger partial charge in [0.1, 0.15) is 5.60 Å². The Morgan fingerprint density at radius 3 is 2.44 bits per heavy atom. The van der Waals surface area contributed by atoms with E-state index in [1.807, 2.05) is 0 Å². The van der Waals surface area contributed by atoms with E-state index in [0.717, 1.165) is 38.2 Å². The first kappa shape index (κ1) is 26.6. The Kier molecular flexibility index (Phi) is 7.08. The van der Waals surface area contributed by atoms with Crippen LogP contribution in [0.25, 0.3) is 0 Å². The molecule has 1 aromatic carbocycles. The van der Waals surface area contributed by atoms with Crippen LogP contribution in [-0.2, 0) is 14.6 Å². The molecule has 36 heavy (non-hydrogen) atoms. The molecule has 8 atom stereocenters. The quantitative estimate of drug-likeness (QED) is 0.415. The molecule has 0 spiro atoms. The molecule has 4 nitrogen and oxygen atoms in total. The van der Waals surface area contributed by atoms with Crippen LogP contribution in [0, 0.1) is 40.9 Å². The molecule has 7 heteroatoms. The third kappa shape index (κ3) is 4.07. The Labute approximate surface area is 215 Å². The van der Waals surface area contributed by atoms with Crippen LogP contribution in [-0.4, -0.2) is 38.1 Å². The molecule has 4 unspecified atom stereocenters. The summed E-state index contributed by atoms with van der Waals surface area (Å²) in [5.74, 6) is 2.88. The Bertz CT molecular complexity index is 1030. The van der Waals surface area contributed by atoms with Gasteiger partial charge >= 0.3 is 5.25 Å². The van der Waals surface area contributed by atoms with Crippen molar-refractivity contribution in [3.63, 3.8) is 0 Å². The van der Waals surface area contributed by atoms with Gasteiger partial charge in [0.05, 0.1) is 4.90 Å². The number of fused-ring (bicyclic) bond motifs is 5. The van der Waals surface area contributed by atoms with Crippen molar-refractivity contribution in [3.8, 4) is 0 Å². The van der Waals surface area contributed by atoms with E-state index in [1.54, 1.807) is 13.2 Å². The van der Waals surface area contributed by atoms with Gasteiger partial charge in [0.2, 0.25) is 9.84 Å². The molecule has 4 aliphatic carbocycles. The van der Waals surface area contributed by atoms with E-state index in [2.05, 4.69) is 6.92 Å². The summed E-state index contributed by atoms with van der Waals surface area (Å²) in [5, 5.41) is 7.01. The number of sulfone groups is 1. The van der Waals surface area contributed by atoms with E-state index in [9.17, 15) is 13.5 Å². The molecule has 0 aliphatic heterocycles. The molecule has 4 fully saturated rings. The molecule has 4 aliphatic rings. The summed E-state index contributed by atoms with van der Waals surface area (Å²) in [7, 11) is -3.22. The van der Waals surface area contributed by atoms with Crippen LogP contribution < -0.4 is 0 Å². The molecule has 0 radical (unpaired) electrons. The molecule has 0 amide bonds. The predicted octanol–water partition coefficient (Wildman–Crippen LogP) is 6.48. The van der Waals surface area contributed by atoms with Gasteiger partial charge in [-0.15, -0.1) is 0 Å². The van der Waals surface area contributed by atoms with Gasteiger partial charge in [-0.05, 0) is 124 Å². The smallest absolute Gasteiger partial charge is 0.377 e. The molecule has 1 aromatic rings. The maximum Gasteiger partial charge on any atom is 0.377 e. The number of halogens is 2. The van der Waals surface area contributed by atoms with Gasteiger partial charge in [0.15, 0.2) is 0 Å². The average molecular weight is 525 g/mol. The molecule has 0 aromatic heterocycles. The lowest BCUT2D eigenvalue weighted by Crippen LogP contribution is -2.58. The number of methoxy groups -OCH3 is 1. The van der Waals surface area contributed by atoms with Crippen LogP contribution in [0.1, 0.15) is 77.6 Å². The summed E-state index contributed by atoms with van der Waals surface area (Å²) < 4.78 is 62.3. The lowest BCUT2D eigenvalue weighted by atomic mass is 9.49. The van der Waals surface area contributed by atoms with E-state index >= 15 is 8.78 Å². The van der Waals surface area contributed by atoms with Gasteiger partial charge in [-0.25, -0.2) is 8.42 Å². The summed E-state index contributed by atoms with van der Waals surface area (Å²) in [5.41, 5.74) is -2.15. The fourth-order valence-corrected chi connectivity index (χ4v) is 10.7. The second kappa shape index (κ2) is 9.60.